The van der Waals surface area contributed by atoms with Crippen LogP contribution in [0.3, 0.4) is 0 Å². The van der Waals surface area contributed by atoms with Gasteiger partial charge in [-0.2, -0.15) is 26.3 Å². The zero-order valence-electron chi connectivity index (χ0n) is 8.20. The molecule has 0 heterocycles. The zero-order chi connectivity index (χ0) is 14.4. The third-order valence-corrected chi connectivity index (χ3v) is 2.69. The molecule has 0 spiro atoms. The van der Waals surface area contributed by atoms with E-state index in [4.69, 9.17) is 28.3 Å². The van der Waals surface area contributed by atoms with Crippen LogP contribution in [0.4, 0.5) is 26.3 Å². The lowest BCUT2D eigenvalue weighted by Gasteiger charge is -2.33. The first kappa shape index (κ1) is 15.4. The van der Waals surface area contributed by atoms with Crippen LogP contribution in [0.1, 0.15) is 5.56 Å². The van der Waals surface area contributed by atoms with Gasteiger partial charge in [-0.1, -0.05) is 29.3 Å². The van der Waals surface area contributed by atoms with Gasteiger partial charge in [0, 0.05) is 15.6 Å². The molecule has 0 saturated carbocycles. The lowest BCUT2D eigenvalue weighted by Crippen LogP contribution is -2.54. The maximum absolute atomic E-state index is 12.5. The molecule has 0 aliphatic carbocycles. The normalized spacial score (nSPS) is 13.8. The van der Waals surface area contributed by atoms with Gasteiger partial charge in [0.15, 0.2) is 0 Å². The van der Waals surface area contributed by atoms with Crippen molar-refractivity contribution in [2.24, 2.45) is 0 Å². The van der Waals surface area contributed by atoms with Crippen LogP contribution in [-0.4, -0.2) is 17.5 Å². The molecule has 0 aromatic heterocycles. The maximum atomic E-state index is 12.5. The molecule has 1 nitrogen and oxygen atoms in total. The van der Waals surface area contributed by atoms with Gasteiger partial charge in [0.2, 0.25) is 0 Å². The summed E-state index contributed by atoms with van der Waals surface area (Å²) < 4.78 is 75.0. The van der Waals surface area contributed by atoms with E-state index in [9.17, 15) is 26.3 Å². The molecule has 0 aliphatic heterocycles. The second-order valence-electron chi connectivity index (χ2n) is 3.33. The zero-order valence-corrected chi connectivity index (χ0v) is 9.71. The molecule has 0 aliphatic rings. The lowest BCUT2D eigenvalue weighted by molar-refractivity contribution is -0.376. The monoisotopic (exact) mass is 312 g/mol. The topological polar surface area (TPSA) is 20.2 Å². The van der Waals surface area contributed by atoms with Gasteiger partial charge in [-0.15, -0.1) is 0 Å². The van der Waals surface area contributed by atoms with Crippen molar-refractivity contribution in [2.45, 2.75) is 18.0 Å². The van der Waals surface area contributed by atoms with E-state index < -0.39 is 28.5 Å². The van der Waals surface area contributed by atoms with Crippen molar-refractivity contribution in [1.82, 2.24) is 0 Å². The minimum atomic E-state index is -5.97. The largest absolute Gasteiger partial charge is 0.430 e. The highest BCUT2D eigenvalue weighted by molar-refractivity contribution is 6.35. The summed E-state index contributed by atoms with van der Waals surface area (Å²) in [4.78, 5) is 0. The first-order valence-corrected chi connectivity index (χ1v) is 4.98. The number of halogens is 8. The highest BCUT2D eigenvalue weighted by Gasteiger charge is 2.72. The number of hydrogen-bond acceptors (Lipinski definition) is 1. The predicted octanol–water partition coefficient (Wildman–Crippen LogP) is 4.31. The molecule has 9 heteroatoms. The highest BCUT2D eigenvalue weighted by atomic mass is 35.5. The van der Waals surface area contributed by atoms with E-state index in [1.165, 1.54) is 0 Å². The van der Waals surface area contributed by atoms with E-state index >= 15 is 0 Å². The Kier molecular flexibility index (Phi) is 3.82. The minimum Gasteiger partial charge on any atom is -0.369 e. The molecule has 1 aromatic rings. The molecule has 0 bridgehead atoms. The van der Waals surface area contributed by atoms with Crippen LogP contribution >= 0.6 is 23.2 Å². The van der Waals surface area contributed by atoms with Crippen LogP contribution in [0.25, 0.3) is 0 Å². The van der Waals surface area contributed by atoms with Crippen LogP contribution in [0.2, 0.25) is 10.0 Å². The third kappa shape index (κ3) is 2.39. The number of alkyl halides is 6. The van der Waals surface area contributed by atoms with E-state index in [0.29, 0.717) is 12.1 Å². The molecule has 0 unspecified atom stereocenters. The fourth-order valence-electron chi connectivity index (χ4n) is 1.25. The maximum Gasteiger partial charge on any atom is 0.430 e. The molecule has 102 valence electrons. The molecule has 18 heavy (non-hydrogen) atoms. The van der Waals surface area contributed by atoms with Crippen molar-refractivity contribution in [3.05, 3.63) is 33.8 Å². The van der Waals surface area contributed by atoms with Crippen molar-refractivity contribution in [3.8, 4) is 0 Å². The number of benzene rings is 1. The summed E-state index contributed by atoms with van der Waals surface area (Å²) in [5.41, 5.74) is -6.56. The van der Waals surface area contributed by atoms with Crippen LogP contribution in [0.15, 0.2) is 18.2 Å². The summed E-state index contributed by atoms with van der Waals surface area (Å²) in [5.74, 6) is 0. The smallest absolute Gasteiger partial charge is 0.369 e. The van der Waals surface area contributed by atoms with Gasteiger partial charge in [-0.25, -0.2) is 0 Å². The third-order valence-electron chi connectivity index (χ3n) is 2.14. The summed E-state index contributed by atoms with van der Waals surface area (Å²) >= 11 is 10.6. The van der Waals surface area contributed by atoms with Crippen molar-refractivity contribution in [2.75, 3.05) is 0 Å². The molecule has 0 fully saturated rings. The van der Waals surface area contributed by atoms with Crippen molar-refractivity contribution in [1.29, 1.82) is 0 Å². The van der Waals surface area contributed by atoms with Gasteiger partial charge in [0.25, 0.3) is 5.60 Å². The molecular weight excluding hydrogens is 309 g/mol. The Balaban J connectivity index is 3.56. The summed E-state index contributed by atoms with van der Waals surface area (Å²) in [7, 11) is 0. The first-order valence-electron chi connectivity index (χ1n) is 4.22. The van der Waals surface area contributed by atoms with E-state index in [1.54, 1.807) is 0 Å². The summed E-state index contributed by atoms with van der Waals surface area (Å²) in [6.45, 7) is 0. The molecule has 1 N–H and O–H groups in total. The van der Waals surface area contributed by atoms with Crippen molar-refractivity contribution >= 4 is 23.2 Å². The van der Waals surface area contributed by atoms with E-state index in [-0.39, 0.29) is 5.02 Å². The average Bonchev–Trinajstić information content (AvgIpc) is 2.12. The predicted molar refractivity (Wildman–Crippen MR) is 52.5 cm³/mol. The van der Waals surface area contributed by atoms with Gasteiger partial charge < -0.3 is 5.11 Å². The van der Waals surface area contributed by atoms with Gasteiger partial charge in [-0.05, 0) is 12.1 Å². The molecule has 1 aromatic carbocycles. The highest BCUT2D eigenvalue weighted by Crippen LogP contribution is 2.51. The average molecular weight is 313 g/mol. The van der Waals surface area contributed by atoms with E-state index in [1.807, 2.05) is 0 Å². The fourth-order valence-corrected chi connectivity index (χ4v) is 1.79. The molecular formula is C9H4Cl2F6O. The van der Waals surface area contributed by atoms with E-state index in [0.717, 1.165) is 6.07 Å². The summed E-state index contributed by atoms with van der Waals surface area (Å²) in [5, 5.41) is 7.96. The molecule has 0 radical (unpaired) electrons. The SMILES string of the molecule is OC(c1ccc(Cl)cc1Cl)(C(F)(F)F)C(F)(F)F. The number of aliphatic hydroxyl groups is 1. The Morgan fingerprint density at radius 2 is 1.33 bits per heavy atom. The van der Waals surface area contributed by atoms with Crippen LogP contribution in [0, 0.1) is 0 Å². The fraction of sp³-hybridized carbons (Fsp3) is 0.333. The van der Waals surface area contributed by atoms with Gasteiger partial charge in [0.1, 0.15) is 0 Å². The number of hydrogen-bond donors (Lipinski definition) is 1. The van der Waals surface area contributed by atoms with E-state index in [2.05, 4.69) is 0 Å². The standard InChI is InChI=1S/C9H4Cl2F6O/c10-4-1-2-5(6(11)3-4)7(18,8(12,13)14)9(15,16)17/h1-3,18H. The second-order valence-corrected chi connectivity index (χ2v) is 4.17. The molecule has 0 atom stereocenters. The lowest BCUT2D eigenvalue weighted by atomic mass is 9.92. The summed E-state index contributed by atoms with van der Waals surface area (Å²) in [6.07, 6.45) is -11.9. The summed E-state index contributed by atoms with van der Waals surface area (Å²) in [6, 6.07) is 1.83. The molecule has 0 saturated heterocycles. The molecule has 1 rings (SSSR count). The van der Waals surface area contributed by atoms with Crippen molar-refractivity contribution in [3.63, 3.8) is 0 Å². The number of rotatable bonds is 1. The first-order chi connectivity index (χ1) is 7.91. The Hall–Kier alpha value is -0.660. The Morgan fingerprint density at radius 1 is 0.889 bits per heavy atom. The second kappa shape index (κ2) is 4.47. The Bertz CT molecular complexity index is 439. The van der Waals surface area contributed by atoms with Crippen LogP contribution < -0.4 is 0 Å². The van der Waals surface area contributed by atoms with Crippen LogP contribution in [0.5, 0.6) is 0 Å². The molecule has 0 amide bonds. The Morgan fingerprint density at radius 3 is 1.67 bits per heavy atom. The van der Waals surface area contributed by atoms with Gasteiger partial charge in [0.05, 0.1) is 0 Å². The van der Waals surface area contributed by atoms with Gasteiger partial charge >= 0.3 is 12.4 Å². The quantitative estimate of drug-likeness (QED) is 0.766. The minimum absolute atomic E-state index is 0.157. The van der Waals surface area contributed by atoms with Crippen molar-refractivity contribution < 1.29 is 31.4 Å². The van der Waals surface area contributed by atoms with Gasteiger partial charge in [-0.3, -0.25) is 0 Å². The van der Waals surface area contributed by atoms with Crippen LogP contribution in [-0.2, 0) is 5.60 Å². The Labute approximate surface area is 107 Å².